The van der Waals surface area contributed by atoms with Gasteiger partial charge in [0.25, 0.3) is 0 Å². The molecule has 18 heavy (non-hydrogen) atoms. The van der Waals surface area contributed by atoms with Crippen molar-refractivity contribution in [3.63, 3.8) is 0 Å². The van der Waals surface area contributed by atoms with Crippen LogP contribution in [0.5, 0.6) is 0 Å². The summed E-state index contributed by atoms with van der Waals surface area (Å²) in [5.41, 5.74) is 7.23. The smallest absolute Gasteiger partial charge is 0.124 e. The van der Waals surface area contributed by atoms with E-state index in [1.165, 1.54) is 6.07 Å². The maximum atomic E-state index is 13.3. The normalized spacial score (nSPS) is 26.0. The molecular weight excluding hydrogens is 297 g/mol. The Morgan fingerprint density at radius 3 is 2.94 bits per heavy atom. The number of hydrogen-bond acceptors (Lipinski definition) is 2. The van der Waals surface area contributed by atoms with E-state index in [9.17, 15) is 4.39 Å². The van der Waals surface area contributed by atoms with Gasteiger partial charge in [-0.3, -0.25) is 0 Å². The lowest BCUT2D eigenvalue weighted by Crippen LogP contribution is -2.40. The fraction of sp³-hybridized carbons (Fsp3) is 0.571. The first kappa shape index (κ1) is 14.0. The summed E-state index contributed by atoms with van der Waals surface area (Å²) in [5.74, 6) is 0.721. The van der Waals surface area contributed by atoms with Crippen LogP contribution in [0.3, 0.4) is 0 Å². The molecule has 1 aliphatic rings. The predicted octanol–water partition coefficient (Wildman–Crippen LogP) is 3.13. The highest BCUT2D eigenvalue weighted by atomic mass is 79.9. The molecule has 0 saturated carbocycles. The monoisotopic (exact) mass is 315 g/mol. The molecule has 0 bridgehead atoms. The molecule has 2 N–H and O–H groups in total. The summed E-state index contributed by atoms with van der Waals surface area (Å²) in [6.07, 6.45) is 1.71. The minimum atomic E-state index is -0.216. The minimum Gasteiger partial charge on any atom is -0.381 e. The van der Waals surface area contributed by atoms with Gasteiger partial charge >= 0.3 is 0 Å². The van der Waals surface area contributed by atoms with E-state index in [0.717, 1.165) is 29.7 Å². The molecule has 1 saturated heterocycles. The zero-order valence-corrected chi connectivity index (χ0v) is 12.1. The van der Waals surface area contributed by atoms with E-state index < -0.39 is 0 Å². The van der Waals surface area contributed by atoms with Crippen molar-refractivity contribution in [1.82, 2.24) is 0 Å². The van der Waals surface area contributed by atoms with Crippen LogP contribution in [-0.2, 0) is 11.2 Å². The molecule has 4 heteroatoms. The van der Waals surface area contributed by atoms with E-state index in [2.05, 4.69) is 22.9 Å². The summed E-state index contributed by atoms with van der Waals surface area (Å²) >= 11 is 3.31. The quantitative estimate of drug-likeness (QED) is 0.930. The fourth-order valence-corrected chi connectivity index (χ4v) is 3.20. The maximum absolute atomic E-state index is 13.3. The second-order valence-corrected chi connectivity index (χ2v) is 6.07. The van der Waals surface area contributed by atoms with Crippen molar-refractivity contribution < 1.29 is 9.13 Å². The number of rotatable bonds is 3. The van der Waals surface area contributed by atoms with Crippen LogP contribution in [0.2, 0.25) is 0 Å². The molecule has 0 aliphatic carbocycles. The Labute approximate surface area is 116 Å². The minimum absolute atomic E-state index is 0.0672. The first-order chi connectivity index (χ1) is 8.56. The lowest BCUT2D eigenvalue weighted by molar-refractivity contribution is 0.0157. The maximum Gasteiger partial charge on any atom is 0.124 e. The average molecular weight is 316 g/mol. The van der Waals surface area contributed by atoms with Gasteiger partial charge in [-0.15, -0.1) is 0 Å². The third-order valence-corrected chi connectivity index (χ3v) is 4.11. The topological polar surface area (TPSA) is 35.2 Å². The SMILES string of the molecule is CC1COCCC1C(N)Cc1cc(F)cc(Br)c1. The second kappa shape index (κ2) is 6.13. The lowest BCUT2D eigenvalue weighted by atomic mass is 9.81. The zero-order valence-electron chi connectivity index (χ0n) is 10.5. The van der Waals surface area contributed by atoms with Gasteiger partial charge in [-0.05, 0) is 48.4 Å². The van der Waals surface area contributed by atoms with Crippen molar-refractivity contribution in [2.75, 3.05) is 13.2 Å². The summed E-state index contributed by atoms with van der Waals surface area (Å²) in [4.78, 5) is 0. The Bertz CT molecular complexity index is 393. The number of benzene rings is 1. The number of nitrogens with two attached hydrogens (primary N) is 1. The van der Waals surface area contributed by atoms with Gasteiger partial charge in [0, 0.05) is 23.7 Å². The zero-order chi connectivity index (χ0) is 13.1. The molecule has 3 unspecified atom stereocenters. The summed E-state index contributed by atoms with van der Waals surface area (Å²) in [6.45, 7) is 3.74. The van der Waals surface area contributed by atoms with E-state index in [1.54, 1.807) is 6.07 Å². The molecule has 0 radical (unpaired) electrons. The number of ether oxygens (including phenoxy) is 1. The van der Waals surface area contributed by atoms with Crippen LogP contribution >= 0.6 is 15.9 Å². The van der Waals surface area contributed by atoms with Crippen LogP contribution < -0.4 is 5.73 Å². The highest BCUT2D eigenvalue weighted by Crippen LogP contribution is 2.26. The molecule has 3 atom stereocenters. The third kappa shape index (κ3) is 3.53. The van der Waals surface area contributed by atoms with Gasteiger partial charge in [0.1, 0.15) is 5.82 Å². The summed E-state index contributed by atoms with van der Waals surface area (Å²) in [5, 5.41) is 0. The van der Waals surface area contributed by atoms with Crippen molar-refractivity contribution in [3.05, 3.63) is 34.1 Å². The fourth-order valence-electron chi connectivity index (χ4n) is 2.69. The first-order valence-corrected chi connectivity index (χ1v) is 7.14. The highest BCUT2D eigenvalue weighted by Gasteiger charge is 2.27. The molecule has 0 amide bonds. The standard InChI is InChI=1S/C14H19BrFNO/c1-9-8-18-3-2-13(9)14(17)6-10-4-11(15)7-12(16)5-10/h4-5,7,9,13-14H,2-3,6,8,17H2,1H3. The van der Waals surface area contributed by atoms with E-state index in [-0.39, 0.29) is 11.9 Å². The van der Waals surface area contributed by atoms with Gasteiger partial charge < -0.3 is 10.5 Å². The van der Waals surface area contributed by atoms with Crippen molar-refractivity contribution in [2.45, 2.75) is 25.8 Å². The van der Waals surface area contributed by atoms with Gasteiger partial charge in [0.2, 0.25) is 0 Å². The van der Waals surface area contributed by atoms with Crippen molar-refractivity contribution in [3.8, 4) is 0 Å². The van der Waals surface area contributed by atoms with Gasteiger partial charge in [0.15, 0.2) is 0 Å². The van der Waals surface area contributed by atoms with Gasteiger partial charge in [-0.1, -0.05) is 22.9 Å². The molecule has 1 aromatic rings. The van der Waals surface area contributed by atoms with E-state index in [0.29, 0.717) is 18.3 Å². The Hall–Kier alpha value is -0.450. The molecule has 1 aromatic carbocycles. The second-order valence-electron chi connectivity index (χ2n) is 5.15. The van der Waals surface area contributed by atoms with Crippen LogP contribution in [-0.4, -0.2) is 19.3 Å². The Morgan fingerprint density at radius 1 is 1.50 bits per heavy atom. The van der Waals surface area contributed by atoms with E-state index >= 15 is 0 Å². The molecule has 2 rings (SSSR count). The molecule has 1 fully saturated rings. The third-order valence-electron chi connectivity index (χ3n) is 3.65. The molecular formula is C14H19BrFNO. The van der Waals surface area contributed by atoms with Crippen LogP contribution in [0.25, 0.3) is 0 Å². The van der Waals surface area contributed by atoms with E-state index in [4.69, 9.17) is 10.5 Å². The predicted molar refractivity (Wildman–Crippen MR) is 73.9 cm³/mol. The molecule has 2 nitrogen and oxygen atoms in total. The molecule has 0 spiro atoms. The van der Waals surface area contributed by atoms with E-state index in [1.807, 2.05) is 6.07 Å². The Morgan fingerprint density at radius 2 is 2.28 bits per heavy atom. The highest BCUT2D eigenvalue weighted by molar-refractivity contribution is 9.10. The Kier molecular flexibility index (Phi) is 4.76. The van der Waals surface area contributed by atoms with Crippen LogP contribution in [0.15, 0.2) is 22.7 Å². The van der Waals surface area contributed by atoms with Gasteiger partial charge in [-0.25, -0.2) is 4.39 Å². The van der Waals surface area contributed by atoms with Crippen molar-refractivity contribution >= 4 is 15.9 Å². The lowest BCUT2D eigenvalue weighted by Gasteiger charge is -2.33. The molecule has 1 heterocycles. The molecule has 1 aliphatic heterocycles. The van der Waals surface area contributed by atoms with Gasteiger partial charge in [-0.2, -0.15) is 0 Å². The van der Waals surface area contributed by atoms with Crippen molar-refractivity contribution in [2.24, 2.45) is 17.6 Å². The first-order valence-electron chi connectivity index (χ1n) is 6.34. The van der Waals surface area contributed by atoms with Crippen LogP contribution in [0.1, 0.15) is 18.9 Å². The summed E-state index contributed by atoms with van der Waals surface area (Å²) in [7, 11) is 0. The molecule has 0 aromatic heterocycles. The largest absolute Gasteiger partial charge is 0.381 e. The van der Waals surface area contributed by atoms with Crippen LogP contribution in [0, 0.1) is 17.7 Å². The van der Waals surface area contributed by atoms with Crippen molar-refractivity contribution in [1.29, 1.82) is 0 Å². The summed E-state index contributed by atoms with van der Waals surface area (Å²) in [6, 6.07) is 5.03. The summed E-state index contributed by atoms with van der Waals surface area (Å²) < 4.78 is 19.5. The molecule has 100 valence electrons. The number of halogens is 2. The Balaban J connectivity index is 2.03. The van der Waals surface area contributed by atoms with Crippen LogP contribution in [0.4, 0.5) is 4.39 Å². The number of hydrogen-bond donors (Lipinski definition) is 1. The van der Waals surface area contributed by atoms with Gasteiger partial charge in [0.05, 0.1) is 0 Å². The average Bonchev–Trinajstić information content (AvgIpc) is 2.27.